The minimum Gasteiger partial charge on any atom is -0.378 e. The second kappa shape index (κ2) is 4.53. The number of anilines is 1. The van der Waals surface area contributed by atoms with Gasteiger partial charge in [0.1, 0.15) is 11.8 Å². The molecular weight excluding hydrogens is 208 g/mol. The van der Waals surface area contributed by atoms with Gasteiger partial charge in [-0.15, -0.1) is 11.3 Å². The molecule has 0 bridgehead atoms. The molecule has 0 spiro atoms. The Balaban J connectivity index is 1.97. The summed E-state index contributed by atoms with van der Waals surface area (Å²) < 4.78 is 0. The smallest absolute Gasteiger partial charge is 0.140 e. The summed E-state index contributed by atoms with van der Waals surface area (Å²) in [5.74, 6) is 0. The number of nitrogens with one attached hydrogen (secondary N) is 1. The predicted octanol–water partition coefficient (Wildman–Crippen LogP) is 2.02. The van der Waals surface area contributed by atoms with Crippen LogP contribution in [0.2, 0.25) is 0 Å². The summed E-state index contributed by atoms with van der Waals surface area (Å²) in [6.45, 7) is 0.678. The van der Waals surface area contributed by atoms with Crippen LogP contribution in [0.3, 0.4) is 0 Å². The van der Waals surface area contributed by atoms with Gasteiger partial charge in [-0.2, -0.15) is 5.26 Å². The fraction of sp³-hybridized carbons (Fsp3) is 0.100. The van der Waals surface area contributed by atoms with Gasteiger partial charge in [-0.25, -0.2) is 9.97 Å². The van der Waals surface area contributed by atoms with Gasteiger partial charge >= 0.3 is 0 Å². The average molecular weight is 216 g/mol. The van der Waals surface area contributed by atoms with E-state index in [1.54, 1.807) is 29.1 Å². The summed E-state index contributed by atoms with van der Waals surface area (Å²) >= 11 is 1.57. The lowest BCUT2D eigenvalue weighted by atomic mass is 10.3. The molecule has 4 nitrogen and oxygen atoms in total. The van der Waals surface area contributed by atoms with Crippen LogP contribution in [0.5, 0.6) is 0 Å². The van der Waals surface area contributed by atoms with Crippen molar-refractivity contribution in [3.63, 3.8) is 0 Å². The van der Waals surface area contributed by atoms with Crippen molar-refractivity contribution in [2.24, 2.45) is 0 Å². The van der Waals surface area contributed by atoms with Crippen molar-refractivity contribution in [1.29, 1.82) is 5.26 Å². The van der Waals surface area contributed by atoms with Crippen molar-refractivity contribution in [3.05, 3.63) is 40.6 Å². The van der Waals surface area contributed by atoms with Crippen LogP contribution in [-0.2, 0) is 6.54 Å². The molecule has 0 saturated heterocycles. The van der Waals surface area contributed by atoms with Crippen molar-refractivity contribution in [2.45, 2.75) is 6.54 Å². The minimum absolute atomic E-state index is 0.425. The lowest BCUT2D eigenvalue weighted by Gasteiger charge is -2.02. The van der Waals surface area contributed by atoms with Crippen LogP contribution >= 0.6 is 11.3 Å². The number of nitrogens with zero attached hydrogens (tertiary/aromatic N) is 3. The highest BCUT2D eigenvalue weighted by Gasteiger charge is 1.96. The maximum absolute atomic E-state index is 8.57. The Morgan fingerprint density at radius 2 is 2.33 bits per heavy atom. The maximum atomic E-state index is 8.57. The second-order valence-corrected chi connectivity index (χ2v) is 3.60. The Morgan fingerprint density at radius 1 is 1.40 bits per heavy atom. The molecule has 0 fully saturated rings. The average Bonchev–Trinajstić information content (AvgIpc) is 2.80. The van der Waals surface area contributed by atoms with Gasteiger partial charge in [0, 0.05) is 5.38 Å². The molecule has 2 heterocycles. The summed E-state index contributed by atoms with van der Waals surface area (Å²) in [5.41, 5.74) is 4.12. The van der Waals surface area contributed by atoms with E-state index in [4.69, 9.17) is 5.26 Å². The van der Waals surface area contributed by atoms with Gasteiger partial charge in [-0.05, 0) is 12.1 Å². The third kappa shape index (κ3) is 2.51. The summed E-state index contributed by atoms with van der Waals surface area (Å²) in [7, 11) is 0. The molecule has 0 aliphatic heterocycles. The van der Waals surface area contributed by atoms with Crippen LogP contribution in [-0.4, -0.2) is 9.97 Å². The number of hydrogen-bond acceptors (Lipinski definition) is 5. The number of thiazole rings is 1. The van der Waals surface area contributed by atoms with E-state index >= 15 is 0 Å². The van der Waals surface area contributed by atoms with Crippen molar-refractivity contribution in [1.82, 2.24) is 9.97 Å². The van der Waals surface area contributed by atoms with Gasteiger partial charge in [-0.3, -0.25) is 0 Å². The largest absolute Gasteiger partial charge is 0.378 e. The van der Waals surface area contributed by atoms with Crippen LogP contribution in [0.1, 0.15) is 11.4 Å². The van der Waals surface area contributed by atoms with Crippen LogP contribution < -0.4 is 5.32 Å². The molecule has 0 radical (unpaired) electrons. The number of pyridine rings is 1. The molecule has 2 rings (SSSR count). The lowest BCUT2D eigenvalue weighted by molar-refractivity contribution is 1.07. The molecule has 0 aromatic carbocycles. The predicted molar refractivity (Wildman–Crippen MR) is 58.4 cm³/mol. The summed E-state index contributed by atoms with van der Waals surface area (Å²) in [6.07, 6.45) is 1.64. The van der Waals surface area contributed by atoms with E-state index in [2.05, 4.69) is 15.3 Å². The van der Waals surface area contributed by atoms with Gasteiger partial charge in [-0.1, -0.05) is 0 Å². The molecule has 0 saturated carbocycles. The highest BCUT2D eigenvalue weighted by atomic mass is 32.1. The first kappa shape index (κ1) is 9.62. The fourth-order valence-electron chi connectivity index (χ4n) is 1.08. The van der Waals surface area contributed by atoms with Crippen LogP contribution in [0.25, 0.3) is 0 Å². The first-order valence-corrected chi connectivity index (χ1v) is 5.30. The first-order valence-electron chi connectivity index (χ1n) is 4.35. The Hall–Kier alpha value is -1.93. The topological polar surface area (TPSA) is 61.6 Å². The molecular formula is C10H8N4S. The zero-order valence-corrected chi connectivity index (χ0v) is 8.66. The summed E-state index contributed by atoms with van der Waals surface area (Å²) in [5, 5.41) is 13.7. The summed E-state index contributed by atoms with van der Waals surface area (Å²) in [4.78, 5) is 8.10. The maximum Gasteiger partial charge on any atom is 0.140 e. The Bertz CT molecular complexity index is 455. The molecule has 0 unspecified atom stereocenters. The van der Waals surface area contributed by atoms with E-state index in [0.29, 0.717) is 12.2 Å². The Kier molecular flexibility index (Phi) is 2.90. The third-order valence-electron chi connectivity index (χ3n) is 1.84. The van der Waals surface area contributed by atoms with E-state index in [9.17, 15) is 0 Å². The number of rotatable bonds is 3. The minimum atomic E-state index is 0.425. The molecule has 2 aromatic rings. The highest BCUT2D eigenvalue weighted by Crippen LogP contribution is 2.08. The van der Waals surface area contributed by atoms with Gasteiger partial charge in [0.05, 0.1) is 29.6 Å². The first-order chi connectivity index (χ1) is 7.38. The van der Waals surface area contributed by atoms with E-state index < -0.39 is 0 Å². The van der Waals surface area contributed by atoms with Crippen LogP contribution in [0.15, 0.2) is 29.2 Å². The van der Waals surface area contributed by atoms with E-state index in [-0.39, 0.29) is 0 Å². The molecule has 5 heteroatoms. The number of hydrogen-bond donors (Lipinski definition) is 1. The normalized spacial score (nSPS) is 9.53. The molecule has 0 aliphatic carbocycles. The quantitative estimate of drug-likeness (QED) is 0.852. The van der Waals surface area contributed by atoms with Gasteiger partial charge in [0.25, 0.3) is 0 Å². The van der Waals surface area contributed by atoms with Crippen LogP contribution in [0.4, 0.5) is 5.69 Å². The zero-order valence-electron chi connectivity index (χ0n) is 7.84. The molecule has 74 valence electrons. The van der Waals surface area contributed by atoms with Crippen molar-refractivity contribution in [2.75, 3.05) is 5.32 Å². The molecule has 2 aromatic heterocycles. The fourth-order valence-corrected chi connectivity index (χ4v) is 1.64. The molecule has 0 aliphatic rings. The van der Waals surface area contributed by atoms with E-state index in [1.807, 2.05) is 17.5 Å². The van der Waals surface area contributed by atoms with Gasteiger partial charge in [0.2, 0.25) is 0 Å². The monoisotopic (exact) mass is 216 g/mol. The van der Waals surface area contributed by atoms with Crippen molar-refractivity contribution >= 4 is 17.0 Å². The highest BCUT2D eigenvalue weighted by molar-refractivity contribution is 7.07. The second-order valence-electron chi connectivity index (χ2n) is 2.88. The van der Waals surface area contributed by atoms with Crippen LogP contribution in [0, 0.1) is 11.3 Å². The van der Waals surface area contributed by atoms with Crippen molar-refractivity contribution in [3.8, 4) is 6.07 Å². The molecule has 15 heavy (non-hydrogen) atoms. The Labute approximate surface area is 91.2 Å². The number of aromatic nitrogens is 2. The molecule has 0 atom stereocenters. The van der Waals surface area contributed by atoms with E-state index in [1.165, 1.54) is 0 Å². The van der Waals surface area contributed by atoms with Crippen molar-refractivity contribution < 1.29 is 0 Å². The molecule has 0 amide bonds. The van der Waals surface area contributed by atoms with Gasteiger partial charge in [0.15, 0.2) is 0 Å². The number of nitriles is 1. The lowest BCUT2D eigenvalue weighted by Crippen LogP contribution is -1.99. The zero-order chi connectivity index (χ0) is 10.5. The standard InChI is InChI=1S/C10H8N4S/c11-3-8-1-2-9(4-12-8)13-5-10-6-15-7-14-10/h1-2,4,6-7,13H,5H2. The Morgan fingerprint density at radius 3 is 2.93 bits per heavy atom. The SMILES string of the molecule is N#Cc1ccc(NCc2cscn2)cn1. The third-order valence-corrected chi connectivity index (χ3v) is 2.47. The summed E-state index contributed by atoms with van der Waals surface area (Å²) in [6, 6.07) is 5.49. The molecule has 1 N–H and O–H groups in total. The van der Waals surface area contributed by atoms with Gasteiger partial charge < -0.3 is 5.32 Å². The van der Waals surface area contributed by atoms with E-state index in [0.717, 1.165) is 11.4 Å².